The van der Waals surface area contributed by atoms with Gasteiger partial charge in [0.2, 0.25) is 5.95 Å². The fourth-order valence-corrected chi connectivity index (χ4v) is 3.15. The Balaban J connectivity index is 1.70. The van der Waals surface area contributed by atoms with Gasteiger partial charge in [-0.1, -0.05) is 11.6 Å². The van der Waals surface area contributed by atoms with Crippen molar-refractivity contribution in [2.75, 3.05) is 30.7 Å². The maximum Gasteiger partial charge on any atom is 0.222 e. The molecule has 0 bridgehead atoms. The number of nitrogens with one attached hydrogen (secondary N) is 1. The van der Waals surface area contributed by atoms with E-state index >= 15 is 0 Å². The van der Waals surface area contributed by atoms with Gasteiger partial charge in [-0.3, -0.25) is 4.90 Å². The minimum atomic E-state index is 0.252. The van der Waals surface area contributed by atoms with Crippen molar-refractivity contribution in [3.8, 4) is 0 Å². The van der Waals surface area contributed by atoms with Gasteiger partial charge in [-0.25, -0.2) is 4.98 Å². The number of nitrogen functional groups attached to an aromatic ring is 1. The summed E-state index contributed by atoms with van der Waals surface area (Å²) in [4.78, 5) is 10.7. The lowest BCUT2D eigenvalue weighted by molar-refractivity contribution is -0.0390. The normalized spacial score (nSPS) is 30.2. The van der Waals surface area contributed by atoms with E-state index in [0.29, 0.717) is 34.7 Å². The van der Waals surface area contributed by atoms with Crippen molar-refractivity contribution in [2.45, 2.75) is 38.5 Å². The molecule has 2 aliphatic rings. The number of anilines is 2. The summed E-state index contributed by atoms with van der Waals surface area (Å²) in [5.74, 6) is 0.887. The highest BCUT2D eigenvalue weighted by molar-refractivity contribution is 6.33. The third-order valence-corrected chi connectivity index (χ3v) is 4.42. The van der Waals surface area contributed by atoms with Crippen LogP contribution in [0.15, 0.2) is 0 Å². The molecule has 2 saturated heterocycles. The molecule has 6 nitrogen and oxygen atoms in total. The average Bonchev–Trinajstić information content (AvgIpc) is 2.76. The molecular formula is C13H20ClN5O. The van der Waals surface area contributed by atoms with E-state index in [1.807, 2.05) is 6.92 Å². The zero-order chi connectivity index (χ0) is 14.3. The molecule has 110 valence electrons. The number of hydrogen-bond acceptors (Lipinski definition) is 6. The highest BCUT2D eigenvalue weighted by Gasteiger charge is 2.36. The van der Waals surface area contributed by atoms with Gasteiger partial charge >= 0.3 is 0 Å². The lowest BCUT2D eigenvalue weighted by atomic mass is 10.1. The third kappa shape index (κ3) is 2.68. The summed E-state index contributed by atoms with van der Waals surface area (Å²) in [6.45, 7) is 6.72. The first-order valence-electron chi connectivity index (χ1n) is 6.94. The van der Waals surface area contributed by atoms with Crippen LogP contribution in [0.1, 0.15) is 19.0 Å². The second kappa shape index (κ2) is 5.35. The number of fused-ring (bicyclic) bond motifs is 1. The highest BCUT2D eigenvalue weighted by Crippen LogP contribution is 2.28. The number of morpholine rings is 1. The Hall–Kier alpha value is -1.11. The summed E-state index contributed by atoms with van der Waals surface area (Å²) in [5, 5.41) is 3.95. The Labute approximate surface area is 123 Å². The molecular weight excluding hydrogens is 278 g/mol. The number of ether oxygens (including phenoxy) is 1. The van der Waals surface area contributed by atoms with E-state index in [1.54, 1.807) is 0 Å². The van der Waals surface area contributed by atoms with Crippen molar-refractivity contribution in [1.29, 1.82) is 0 Å². The van der Waals surface area contributed by atoms with Crippen molar-refractivity contribution in [1.82, 2.24) is 14.9 Å². The smallest absolute Gasteiger partial charge is 0.222 e. The molecule has 0 aromatic carbocycles. The summed E-state index contributed by atoms with van der Waals surface area (Å²) < 4.78 is 5.71. The minimum absolute atomic E-state index is 0.252. The quantitative estimate of drug-likeness (QED) is 0.857. The Bertz CT molecular complexity index is 512. The van der Waals surface area contributed by atoms with Gasteiger partial charge in [-0.05, 0) is 20.3 Å². The van der Waals surface area contributed by atoms with Gasteiger partial charge in [0, 0.05) is 25.2 Å². The second-order valence-corrected chi connectivity index (χ2v) is 6.04. The van der Waals surface area contributed by atoms with Gasteiger partial charge in [-0.2, -0.15) is 4.98 Å². The van der Waals surface area contributed by atoms with Crippen LogP contribution in [0.2, 0.25) is 5.02 Å². The van der Waals surface area contributed by atoms with Crippen molar-refractivity contribution in [3.05, 3.63) is 10.7 Å². The maximum atomic E-state index is 6.24. The monoisotopic (exact) mass is 297 g/mol. The van der Waals surface area contributed by atoms with Crippen molar-refractivity contribution in [2.24, 2.45) is 0 Å². The number of rotatable bonds is 2. The molecule has 0 unspecified atom stereocenters. The summed E-state index contributed by atoms with van der Waals surface area (Å²) in [7, 11) is 0. The Morgan fingerprint density at radius 3 is 3.00 bits per heavy atom. The van der Waals surface area contributed by atoms with E-state index in [-0.39, 0.29) is 5.95 Å². The molecule has 20 heavy (non-hydrogen) atoms. The van der Waals surface area contributed by atoms with Gasteiger partial charge in [0.15, 0.2) is 5.82 Å². The van der Waals surface area contributed by atoms with Gasteiger partial charge in [0.1, 0.15) is 5.02 Å². The zero-order valence-corrected chi connectivity index (χ0v) is 12.5. The number of nitrogens with zero attached hydrogens (tertiary/aromatic N) is 3. The second-order valence-electron chi connectivity index (χ2n) is 5.66. The molecule has 0 amide bonds. The average molecular weight is 298 g/mol. The molecule has 1 aromatic rings. The largest absolute Gasteiger partial charge is 0.376 e. The third-order valence-electron chi connectivity index (χ3n) is 3.97. The Morgan fingerprint density at radius 2 is 2.20 bits per heavy atom. The number of nitrogens with two attached hydrogens (primary N) is 1. The van der Waals surface area contributed by atoms with E-state index in [9.17, 15) is 0 Å². The summed E-state index contributed by atoms with van der Waals surface area (Å²) >= 11 is 6.24. The number of aromatic nitrogens is 2. The first kappa shape index (κ1) is 13.9. The Kier molecular flexibility index (Phi) is 3.70. The van der Waals surface area contributed by atoms with Gasteiger partial charge in [-0.15, -0.1) is 0 Å². The van der Waals surface area contributed by atoms with Crippen LogP contribution >= 0.6 is 11.6 Å². The van der Waals surface area contributed by atoms with Crippen LogP contribution in [-0.2, 0) is 4.74 Å². The maximum absolute atomic E-state index is 6.24. The van der Waals surface area contributed by atoms with Crippen molar-refractivity contribution in [3.63, 3.8) is 0 Å². The molecule has 0 saturated carbocycles. The van der Waals surface area contributed by atoms with Crippen molar-refractivity contribution >= 4 is 23.4 Å². The van der Waals surface area contributed by atoms with Crippen LogP contribution in [0.5, 0.6) is 0 Å². The van der Waals surface area contributed by atoms with E-state index < -0.39 is 0 Å². The number of hydrogen-bond donors (Lipinski definition) is 2. The van der Waals surface area contributed by atoms with Crippen LogP contribution in [0.4, 0.5) is 11.8 Å². The highest BCUT2D eigenvalue weighted by atomic mass is 35.5. The first-order valence-corrected chi connectivity index (χ1v) is 7.32. The first-order chi connectivity index (χ1) is 9.52. The molecule has 3 heterocycles. The molecule has 7 heteroatoms. The molecule has 2 aliphatic heterocycles. The van der Waals surface area contributed by atoms with Crippen LogP contribution in [0, 0.1) is 6.92 Å². The molecule has 3 rings (SSSR count). The van der Waals surface area contributed by atoms with Crippen LogP contribution in [0.3, 0.4) is 0 Å². The fraction of sp³-hybridized carbons (Fsp3) is 0.692. The van der Waals surface area contributed by atoms with E-state index in [4.69, 9.17) is 22.1 Å². The van der Waals surface area contributed by atoms with E-state index in [0.717, 1.165) is 26.1 Å². The molecule has 0 radical (unpaired) electrons. The number of halogens is 1. The SMILES string of the molecule is Cc1nc(N)nc(N[C@H]2C[C@H]3CO[C@@H](C)CN3C2)c1Cl. The van der Waals surface area contributed by atoms with Gasteiger partial charge in [0.25, 0.3) is 0 Å². The van der Waals surface area contributed by atoms with Crippen LogP contribution in [0.25, 0.3) is 0 Å². The van der Waals surface area contributed by atoms with E-state index in [1.165, 1.54) is 0 Å². The van der Waals surface area contributed by atoms with E-state index in [2.05, 4.69) is 27.1 Å². The predicted molar refractivity (Wildman–Crippen MR) is 79.0 cm³/mol. The molecule has 1 aromatic heterocycles. The van der Waals surface area contributed by atoms with Gasteiger partial charge in [0.05, 0.1) is 18.4 Å². The Morgan fingerprint density at radius 1 is 1.40 bits per heavy atom. The lowest BCUT2D eigenvalue weighted by Crippen LogP contribution is -2.45. The number of aryl methyl sites for hydroxylation is 1. The fourth-order valence-electron chi connectivity index (χ4n) is 3.01. The molecule has 3 atom stereocenters. The van der Waals surface area contributed by atoms with Crippen molar-refractivity contribution < 1.29 is 4.74 Å². The summed E-state index contributed by atoms with van der Waals surface area (Å²) in [6.07, 6.45) is 1.34. The molecule has 3 N–H and O–H groups in total. The molecule has 0 aliphatic carbocycles. The standard InChI is InChI=1S/C13H20ClN5O/c1-7-4-19-5-9(3-10(19)6-20-7)17-12-11(14)8(2)16-13(15)18-12/h7,9-10H,3-6H2,1-2H3,(H3,15,16,17,18)/t7-,9-,10-/m0/s1. The van der Waals surface area contributed by atoms with Crippen LogP contribution in [-0.4, -0.2) is 52.8 Å². The summed E-state index contributed by atoms with van der Waals surface area (Å²) in [5.41, 5.74) is 6.39. The zero-order valence-electron chi connectivity index (χ0n) is 11.8. The molecule has 2 fully saturated rings. The predicted octanol–water partition coefficient (Wildman–Crippen LogP) is 1.29. The molecule has 0 spiro atoms. The summed E-state index contributed by atoms with van der Waals surface area (Å²) in [6, 6.07) is 0.808. The van der Waals surface area contributed by atoms with Crippen LogP contribution < -0.4 is 11.1 Å². The van der Waals surface area contributed by atoms with Gasteiger partial charge < -0.3 is 15.8 Å². The minimum Gasteiger partial charge on any atom is -0.376 e. The topological polar surface area (TPSA) is 76.3 Å². The lowest BCUT2D eigenvalue weighted by Gasteiger charge is -2.33.